The molecule has 0 bridgehead atoms. The summed E-state index contributed by atoms with van der Waals surface area (Å²) in [5.41, 5.74) is 1.09. The molecular weight excluding hydrogens is 232 g/mol. The molecule has 0 spiro atoms. The van der Waals surface area contributed by atoms with Crippen molar-refractivity contribution in [2.45, 2.75) is 25.7 Å². The summed E-state index contributed by atoms with van der Waals surface area (Å²) in [6.07, 6.45) is 1.47. The lowest BCUT2D eigenvalue weighted by Gasteiger charge is -2.16. The van der Waals surface area contributed by atoms with E-state index >= 15 is 0 Å². The maximum Gasteiger partial charge on any atom is 0.338 e. The molecule has 0 aromatic heterocycles. The predicted octanol–water partition coefficient (Wildman–Crippen LogP) is 2.53. The van der Waals surface area contributed by atoms with Gasteiger partial charge in [-0.1, -0.05) is 31.5 Å². The summed E-state index contributed by atoms with van der Waals surface area (Å²) in [5, 5.41) is 0. The molecule has 1 atom stereocenters. The Morgan fingerprint density at radius 3 is 2.39 bits per heavy atom. The van der Waals surface area contributed by atoms with Gasteiger partial charge in [-0.3, -0.25) is 4.79 Å². The van der Waals surface area contributed by atoms with Crippen molar-refractivity contribution in [1.82, 2.24) is 0 Å². The fourth-order valence-electron chi connectivity index (χ4n) is 1.93. The van der Waals surface area contributed by atoms with E-state index in [4.69, 9.17) is 9.47 Å². The van der Waals surface area contributed by atoms with E-state index in [0.29, 0.717) is 17.5 Å². The van der Waals surface area contributed by atoms with Crippen LogP contribution in [0.15, 0.2) is 24.3 Å². The van der Waals surface area contributed by atoms with Crippen LogP contribution < -0.4 is 0 Å². The minimum absolute atomic E-state index is 0.326. The molecule has 0 fully saturated rings. The molecule has 0 N–H and O–H groups in total. The molecule has 98 valence electrons. The van der Waals surface area contributed by atoms with Gasteiger partial charge in [0.25, 0.3) is 0 Å². The van der Waals surface area contributed by atoms with E-state index in [9.17, 15) is 9.59 Å². The highest BCUT2D eigenvalue weighted by molar-refractivity contribution is 5.93. The number of ether oxygens (including phenoxy) is 2. The number of carbonyl (C=O) groups excluding carboxylic acids is 2. The molecule has 0 aliphatic heterocycles. The van der Waals surface area contributed by atoms with Crippen molar-refractivity contribution in [1.29, 1.82) is 0 Å². The smallest absolute Gasteiger partial charge is 0.338 e. The molecule has 1 unspecified atom stereocenters. The summed E-state index contributed by atoms with van der Waals surface area (Å²) >= 11 is 0. The zero-order valence-corrected chi connectivity index (χ0v) is 10.9. The third kappa shape index (κ3) is 3.09. The lowest BCUT2D eigenvalue weighted by atomic mass is 9.90. The summed E-state index contributed by atoms with van der Waals surface area (Å²) in [4.78, 5) is 23.5. The second-order valence-corrected chi connectivity index (χ2v) is 3.94. The van der Waals surface area contributed by atoms with Gasteiger partial charge >= 0.3 is 11.9 Å². The maximum atomic E-state index is 11.8. The van der Waals surface area contributed by atoms with E-state index in [-0.39, 0.29) is 5.97 Å². The van der Waals surface area contributed by atoms with E-state index in [0.717, 1.165) is 6.42 Å². The van der Waals surface area contributed by atoms with Crippen LogP contribution >= 0.6 is 0 Å². The monoisotopic (exact) mass is 250 g/mol. The first-order valence-corrected chi connectivity index (χ1v) is 5.90. The Kier molecular flexibility index (Phi) is 5.36. The van der Waals surface area contributed by atoms with E-state index < -0.39 is 11.9 Å². The second kappa shape index (κ2) is 6.79. The van der Waals surface area contributed by atoms with Gasteiger partial charge in [0.15, 0.2) is 0 Å². The third-order valence-electron chi connectivity index (χ3n) is 2.80. The average Bonchev–Trinajstić information content (AvgIpc) is 2.43. The maximum absolute atomic E-state index is 11.8. The minimum atomic E-state index is -0.435. The highest BCUT2D eigenvalue weighted by atomic mass is 16.5. The van der Waals surface area contributed by atoms with E-state index in [1.165, 1.54) is 14.2 Å². The molecule has 0 heterocycles. The highest BCUT2D eigenvalue weighted by Crippen LogP contribution is 2.26. The van der Waals surface area contributed by atoms with Crippen LogP contribution in [0.2, 0.25) is 0 Å². The van der Waals surface area contributed by atoms with E-state index in [1.54, 1.807) is 24.3 Å². The third-order valence-corrected chi connectivity index (χ3v) is 2.80. The summed E-state index contributed by atoms with van der Waals surface area (Å²) in [7, 11) is 2.68. The first-order valence-electron chi connectivity index (χ1n) is 5.90. The number of hydrogen-bond acceptors (Lipinski definition) is 4. The molecule has 4 heteroatoms. The summed E-state index contributed by atoms with van der Waals surface area (Å²) in [6.45, 7) is 1.98. The Hall–Kier alpha value is -1.84. The van der Waals surface area contributed by atoms with Crippen molar-refractivity contribution in [3.05, 3.63) is 35.4 Å². The summed E-state index contributed by atoms with van der Waals surface area (Å²) in [6, 6.07) is 6.97. The van der Waals surface area contributed by atoms with Crippen molar-refractivity contribution in [3.8, 4) is 0 Å². The quantitative estimate of drug-likeness (QED) is 0.753. The molecule has 1 rings (SSSR count). The molecule has 0 aliphatic rings. The van der Waals surface area contributed by atoms with E-state index in [1.807, 2.05) is 6.92 Å². The van der Waals surface area contributed by atoms with Crippen molar-refractivity contribution in [2.75, 3.05) is 14.2 Å². The fourth-order valence-corrected chi connectivity index (χ4v) is 1.93. The topological polar surface area (TPSA) is 52.6 Å². The van der Waals surface area contributed by atoms with Crippen LogP contribution in [0.5, 0.6) is 0 Å². The summed E-state index contributed by atoms with van der Waals surface area (Å²) < 4.78 is 9.52. The second-order valence-electron chi connectivity index (χ2n) is 3.94. The van der Waals surface area contributed by atoms with Gasteiger partial charge in [-0.25, -0.2) is 4.79 Å². The SMILES string of the molecule is CCCC(C(=O)OC)c1ccccc1C(=O)OC. The molecule has 0 aliphatic carbocycles. The Bertz CT molecular complexity index is 426. The van der Waals surface area contributed by atoms with Crippen LogP contribution in [-0.2, 0) is 14.3 Å². The van der Waals surface area contributed by atoms with Crippen molar-refractivity contribution in [3.63, 3.8) is 0 Å². The molecule has 4 nitrogen and oxygen atoms in total. The first-order chi connectivity index (χ1) is 8.65. The molecule has 0 radical (unpaired) electrons. The van der Waals surface area contributed by atoms with Gasteiger partial charge in [0, 0.05) is 0 Å². The van der Waals surface area contributed by atoms with Crippen LogP contribution in [0.3, 0.4) is 0 Å². The Morgan fingerprint density at radius 2 is 1.83 bits per heavy atom. The zero-order valence-electron chi connectivity index (χ0n) is 10.9. The van der Waals surface area contributed by atoms with Gasteiger partial charge in [0.2, 0.25) is 0 Å². The van der Waals surface area contributed by atoms with Crippen molar-refractivity contribution in [2.24, 2.45) is 0 Å². The number of esters is 2. The lowest BCUT2D eigenvalue weighted by molar-refractivity contribution is -0.142. The molecule has 0 saturated heterocycles. The molecule has 1 aromatic carbocycles. The standard InChI is InChI=1S/C14H18O4/c1-4-7-11(13(15)17-2)10-8-5-6-9-12(10)14(16)18-3/h5-6,8-9,11H,4,7H2,1-3H3. The molecular formula is C14H18O4. The molecule has 18 heavy (non-hydrogen) atoms. The van der Waals surface area contributed by atoms with Crippen LogP contribution in [0.1, 0.15) is 41.6 Å². The largest absolute Gasteiger partial charge is 0.469 e. The molecule has 0 amide bonds. The molecule has 1 aromatic rings. The predicted molar refractivity (Wildman–Crippen MR) is 67.4 cm³/mol. The number of hydrogen-bond donors (Lipinski definition) is 0. The summed E-state index contributed by atoms with van der Waals surface area (Å²) in [5.74, 6) is -1.18. The average molecular weight is 250 g/mol. The number of carbonyl (C=O) groups is 2. The highest BCUT2D eigenvalue weighted by Gasteiger charge is 2.25. The van der Waals surface area contributed by atoms with Gasteiger partial charge in [0.1, 0.15) is 0 Å². The van der Waals surface area contributed by atoms with E-state index in [2.05, 4.69) is 0 Å². The van der Waals surface area contributed by atoms with Gasteiger partial charge < -0.3 is 9.47 Å². The minimum Gasteiger partial charge on any atom is -0.469 e. The van der Waals surface area contributed by atoms with Crippen LogP contribution in [-0.4, -0.2) is 26.2 Å². The van der Waals surface area contributed by atoms with Crippen LogP contribution in [0.25, 0.3) is 0 Å². The number of rotatable bonds is 5. The number of benzene rings is 1. The van der Waals surface area contributed by atoms with Gasteiger partial charge in [-0.15, -0.1) is 0 Å². The van der Waals surface area contributed by atoms with Crippen molar-refractivity contribution >= 4 is 11.9 Å². The lowest BCUT2D eigenvalue weighted by Crippen LogP contribution is -2.18. The van der Waals surface area contributed by atoms with Crippen molar-refractivity contribution < 1.29 is 19.1 Å². The van der Waals surface area contributed by atoms with Gasteiger partial charge in [-0.05, 0) is 18.1 Å². The fraction of sp³-hybridized carbons (Fsp3) is 0.429. The normalized spacial score (nSPS) is 11.7. The van der Waals surface area contributed by atoms with Crippen LogP contribution in [0, 0.1) is 0 Å². The van der Waals surface area contributed by atoms with Gasteiger partial charge in [-0.2, -0.15) is 0 Å². The Morgan fingerprint density at radius 1 is 1.17 bits per heavy atom. The molecule has 0 saturated carbocycles. The first kappa shape index (κ1) is 14.2. The zero-order chi connectivity index (χ0) is 13.5. The Balaban J connectivity index is 3.19. The Labute approximate surface area is 107 Å². The van der Waals surface area contributed by atoms with Crippen LogP contribution in [0.4, 0.5) is 0 Å². The van der Waals surface area contributed by atoms with Gasteiger partial charge in [0.05, 0.1) is 25.7 Å². The number of methoxy groups -OCH3 is 2.